The van der Waals surface area contributed by atoms with Crippen LogP contribution in [0.5, 0.6) is 11.6 Å². The first kappa shape index (κ1) is 16.0. The third kappa shape index (κ3) is 3.26. The molecule has 0 aliphatic carbocycles. The fourth-order valence-corrected chi connectivity index (χ4v) is 3.90. The van der Waals surface area contributed by atoms with Crippen LogP contribution in [-0.4, -0.2) is 44.0 Å². The Morgan fingerprint density at radius 1 is 1.26 bits per heavy atom. The van der Waals surface area contributed by atoms with Crippen LogP contribution < -0.4 is 9.47 Å². The summed E-state index contributed by atoms with van der Waals surface area (Å²) in [4.78, 5) is 4.23. The number of ether oxygens (including phenoxy) is 2. The standard InChI is InChI=1S/C15H15ClN2O4S/c1-21-11-4-2-5-13(8-11)23(19,20)18-9-12(10-18)22-15-14(16)6-3-7-17-15/h2-8,12H,9-10H2,1H3. The maximum Gasteiger partial charge on any atom is 0.243 e. The summed E-state index contributed by atoms with van der Waals surface area (Å²) in [5.74, 6) is 0.817. The normalized spacial score (nSPS) is 15.9. The van der Waals surface area contributed by atoms with E-state index in [0.29, 0.717) is 16.7 Å². The van der Waals surface area contributed by atoms with E-state index in [0.717, 1.165) is 0 Å². The quantitative estimate of drug-likeness (QED) is 0.823. The molecule has 6 nitrogen and oxygen atoms in total. The van der Waals surface area contributed by atoms with Gasteiger partial charge in [-0.05, 0) is 24.3 Å². The number of halogens is 1. The van der Waals surface area contributed by atoms with Crippen molar-refractivity contribution in [3.8, 4) is 11.6 Å². The van der Waals surface area contributed by atoms with E-state index in [1.807, 2.05) is 0 Å². The van der Waals surface area contributed by atoms with Gasteiger partial charge in [-0.3, -0.25) is 0 Å². The zero-order chi connectivity index (χ0) is 16.4. The van der Waals surface area contributed by atoms with Crippen LogP contribution in [0.4, 0.5) is 0 Å². The van der Waals surface area contributed by atoms with Crippen molar-refractivity contribution in [2.24, 2.45) is 0 Å². The minimum atomic E-state index is -3.55. The van der Waals surface area contributed by atoms with Crippen LogP contribution in [0.25, 0.3) is 0 Å². The van der Waals surface area contributed by atoms with Gasteiger partial charge in [-0.25, -0.2) is 13.4 Å². The van der Waals surface area contributed by atoms with E-state index in [-0.39, 0.29) is 24.1 Å². The second-order valence-electron chi connectivity index (χ2n) is 5.03. The Bertz CT molecular complexity index is 807. The van der Waals surface area contributed by atoms with Gasteiger partial charge in [0.25, 0.3) is 0 Å². The van der Waals surface area contributed by atoms with E-state index >= 15 is 0 Å². The number of sulfonamides is 1. The maximum atomic E-state index is 12.5. The molecule has 0 spiro atoms. The molecule has 1 aromatic heterocycles. The summed E-state index contributed by atoms with van der Waals surface area (Å²) in [6, 6.07) is 9.76. The van der Waals surface area contributed by atoms with Crippen molar-refractivity contribution in [3.63, 3.8) is 0 Å². The van der Waals surface area contributed by atoms with Crippen LogP contribution in [0.2, 0.25) is 5.02 Å². The second kappa shape index (κ2) is 6.35. The summed E-state index contributed by atoms with van der Waals surface area (Å²) in [5.41, 5.74) is 0. The van der Waals surface area contributed by atoms with Crippen molar-refractivity contribution in [2.75, 3.05) is 20.2 Å². The smallest absolute Gasteiger partial charge is 0.243 e. The Hall–Kier alpha value is -1.83. The number of hydrogen-bond donors (Lipinski definition) is 0. The molecule has 0 unspecified atom stereocenters. The van der Waals surface area contributed by atoms with Gasteiger partial charge in [0.2, 0.25) is 15.9 Å². The van der Waals surface area contributed by atoms with Gasteiger partial charge in [-0.2, -0.15) is 4.31 Å². The number of hydrogen-bond acceptors (Lipinski definition) is 5. The number of nitrogens with zero attached hydrogens (tertiary/aromatic N) is 2. The maximum absolute atomic E-state index is 12.5. The van der Waals surface area contributed by atoms with E-state index in [2.05, 4.69) is 4.98 Å². The average molecular weight is 355 g/mol. The molecule has 2 heterocycles. The average Bonchev–Trinajstić information content (AvgIpc) is 2.52. The van der Waals surface area contributed by atoms with Gasteiger partial charge < -0.3 is 9.47 Å². The molecule has 0 atom stereocenters. The molecule has 23 heavy (non-hydrogen) atoms. The summed E-state index contributed by atoms with van der Waals surface area (Å²) in [6.07, 6.45) is 1.31. The molecule has 3 rings (SSSR count). The van der Waals surface area contributed by atoms with Crippen LogP contribution in [-0.2, 0) is 10.0 Å². The Morgan fingerprint density at radius 3 is 2.74 bits per heavy atom. The highest BCUT2D eigenvalue weighted by molar-refractivity contribution is 7.89. The molecule has 1 saturated heterocycles. The number of benzene rings is 1. The fraction of sp³-hybridized carbons (Fsp3) is 0.267. The predicted molar refractivity (Wildman–Crippen MR) is 85.4 cm³/mol. The van der Waals surface area contributed by atoms with Gasteiger partial charge >= 0.3 is 0 Å². The van der Waals surface area contributed by atoms with E-state index in [1.165, 1.54) is 17.5 Å². The molecule has 1 aromatic carbocycles. The minimum Gasteiger partial charge on any atom is -0.497 e. The predicted octanol–water partition coefficient (Wildman–Crippen LogP) is 2.20. The van der Waals surface area contributed by atoms with Crippen molar-refractivity contribution in [3.05, 3.63) is 47.6 Å². The lowest BCUT2D eigenvalue weighted by molar-refractivity contribution is 0.0722. The lowest BCUT2D eigenvalue weighted by Crippen LogP contribution is -2.56. The van der Waals surface area contributed by atoms with Gasteiger partial charge in [-0.1, -0.05) is 17.7 Å². The Balaban J connectivity index is 1.67. The molecule has 0 N–H and O–H groups in total. The highest BCUT2D eigenvalue weighted by Crippen LogP contribution is 2.28. The number of methoxy groups -OCH3 is 1. The van der Waals surface area contributed by atoms with Crippen molar-refractivity contribution in [1.82, 2.24) is 9.29 Å². The topological polar surface area (TPSA) is 68.7 Å². The molecule has 2 aromatic rings. The van der Waals surface area contributed by atoms with E-state index in [9.17, 15) is 8.42 Å². The third-order valence-electron chi connectivity index (χ3n) is 3.50. The van der Waals surface area contributed by atoms with Gasteiger partial charge in [0.05, 0.1) is 25.1 Å². The molecule has 1 fully saturated rings. The molecule has 1 aliphatic heterocycles. The molecule has 0 radical (unpaired) electrons. The van der Waals surface area contributed by atoms with Crippen molar-refractivity contribution >= 4 is 21.6 Å². The number of rotatable bonds is 5. The first-order chi connectivity index (χ1) is 11.0. The van der Waals surface area contributed by atoms with E-state index < -0.39 is 10.0 Å². The van der Waals surface area contributed by atoms with Crippen LogP contribution in [0, 0.1) is 0 Å². The van der Waals surface area contributed by atoms with Crippen LogP contribution >= 0.6 is 11.6 Å². The highest BCUT2D eigenvalue weighted by atomic mass is 35.5. The Labute approximate surface area is 139 Å². The summed E-state index contributed by atoms with van der Waals surface area (Å²) in [6.45, 7) is 0.513. The third-order valence-corrected chi connectivity index (χ3v) is 5.61. The molecule has 8 heteroatoms. The fourth-order valence-electron chi connectivity index (χ4n) is 2.20. The lowest BCUT2D eigenvalue weighted by atomic mass is 10.2. The molecule has 0 bridgehead atoms. The molecule has 0 saturated carbocycles. The zero-order valence-corrected chi connectivity index (χ0v) is 13.9. The van der Waals surface area contributed by atoms with Gasteiger partial charge in [0, 0.05) is 12.3 Å². The van der Waals surface area contributed by atoms with Crippen molar-refractivity contribution in [1.29, 1.82) is 0 Å². The van der Waals surface area contributed by atoms with Gasteiger partial charge in [0.15, 0.2) is 0 Å². The molecule has 0 amide bonds. The summed E-state index contributed by atoms with van der Waals surface area (Å²) in [5, 5.41) is 0.404. The first-order valence-corrected chi connectivity index (χ1v) is 8.74. The number of pyridine rings is 1. The minimum absolute atomic E-state index is 0.200. The Kier molecular flexibility index (Phi) is 4.43. The largest absolute Gasteiger partial charge is 0.497 e. The van der Waals surface area contributed by atoms with Crippen molar-refractivity contribution in [2.45, 2.75) is 11.0 Å². The Morgan fingerprint density at radius 2 is 2.04 bits per heavy atom. The van der Waals surface area contributed by atoms with E-state index in [1.54, 1.807) is 36.5 Å². The summed E-state index contributed by atoms with van der Waals surface area (Å²) < 4.78 is 37.1. The molecular weight excluding hydrogens is 340 g/mol. The first-order valence-electron chi connectivity index (χ1n) is 6.92. The highest BCUT2D eigenvalue weighted by Gasteiger charge is 2.38. The van der Waals surface area contributed by atoms with Gasteiger partial charge in [0.1, 0.15) is 16.9 Å². The van der Waals surface area contributed by atoms with Crippen molar-refractivity contribution < 1.29 is 17.9 Å². The van der Waals surface area contributed by atoms with Crippen LogP contribution in [0.15, 0.2) is 47.5 Å². The zero-order valence-electron chi connectivity index (χ0n) is 12.3. The summed E-state index contributed by atoms with van der Waals surface area (Å²) >= 11 is 5.97. The molecule has 1 aliphatic rings. The van der Waals surface area contributed by atoms with E-state index in [4.69, 9.17) is 21.1 Å². The SMILES string of the molecule is COc1cccc(S(=O)(=O)N2CC(Oc3ncccc3Cl)C2)c1. The van der Waals surface area contributed by atoms with Crippen LogP contribution in [0.3, 0.4) is 0 Å². The monoisotopic (exact) mass is 354 g/mol. The summed E-state index contributed by atoms with van der Waals surface area (Å²) in [7, 11) is -2.05. The molecular formula is C15H15ClN2O4S. The lowest BCUT2D eigenvalue weighted by Gasteiger charge is -2.37. The second-order valence-corrected chi connectivity index (χ2v) is 7.38. The number of aromatic nitrogens is 1. The molecule has 122 valence electrons. The van der Waals surface area contributed by atoms with Gasteiger partial charge in [-0.15, -0.1) is 0 Å². The van der Waals surface area contributed by atoms with Crippen LogP contribution in [0.1, 0.15) is 0 Å².